The molecule has 0 aromatic carbocycles. The Morgan fingerprint density at radius 3 is 2.73 bits per heavy atom. The highest BCUT2D eigenvalue weighted by molar-refractivity contribution is 6.40. The van der Waals surface area contributed by atoms with E-state index in [-0.39, 0.29) is 5.71 Å². The lowest BCUT2D eigenvalue weighted by atomic mass is 10.3. The van der Waals surface area contributed by atoms with Gasteiger partial charge >= 0.3 is 5.97 Å². The number of allylic oxidation sites excluding steroid dienone is 4. The van der Waals surface area contributed by atoms with Crippen LogP contribution in [-0.2, 0) is 4.79 Å². The van der Waals surface area contributed by atoms with Crippen molar-refractivity contribution < 1.29 is 9.90 Å². The van der Waals surface area contributed by atoms with Crippen LogP contribution in [0.4, 0.5) is 0 Å². The molecule has 0 fully saturated rings. The molecular weight excluding hydrogens is 142 g/mol. The summed E-state index contributed by atoms with van der Waals surface area (Å²) in [7, 11) is 0. The summed E-state index contributed by atoms with van der Waals surface area (Å²) >= 11 is 0. The van der Waals surface area contributed by atoms with Crippen molar-refractivity contribution in [3.63, 3.8) is 0 Å². The number of carboxylic acids is 1. The topological polar surface area (TPSA) is 49.7 Å². The molecule has 0 aromatic heterocycles. The molecule has 0 unspecified atom stereocenters. The molecule has 3 nitrogen and oxygen atoms in total. The quantitative estimate of drug-likeness (QED) is 0.608. The summed E-state index contributed by atoms with van der Waals surface area (Å²) in [4.78, 5) is 14.1. The molecule has 0 saturated carbocycles. The highest BCUT2D eigenvalue weighted by atomic mass is 16.4. The van der Waals surface area contributed by atoms with Crippen LogP contribution in [0.15, 0.2) is 41.6 Å². The minimum absolute atomic E-state index is 0.0469. The molecule has 0 bridgehead atoms. The predicted octanol–water partition coefficient (Wildman–Crippen LogP) is 1.15. The second kappa shape index (κ2) is 3.51. The van der Waals surface area contributed by atoms with Crippen molar-refractivity contribution in [1.82, 2.24) is 0 Å². The molecule has 11 heavy (non-hydrogen) atoms. The summed E-state index contributed by atoms with van der Waals surface area (Å²) in [5.41, 5.74) is 0.0469. The van der Waals surface area contributed by atoms with Crippen LogP contribution in [0.1, 0.15) is 0 Å². The van der Waals surface area contributed by atoms with Crippen LogP contribution in [0.5, 0.6) is 0 Å². The first-order valence-corrected chi connectivity index (χ1v) is 3.11. The van der Waals surface area contributed by atoms with Crippen LogP contribution in [0, 0.1) is 0 Å². The zero-order valence-electron chi connectivity index (χ0n) is 5.77. The molecule has 1 aliphatic rings. The Kier molecular flexibility index (Phi) is 2.38. The van der Waals surface area contributed by atoms with Crippen molar-refractivity contribution in [3.8, 4) is 0 Å². The van der Waals surface area contributed by atoms with E-state index in [9.17, 15) is 4.79 Å². The third-order valence-corrected chi connectivity index (χ3v) is 1.11. The molecule has 0 amide bonds. The Bertz CT molecular complexity index is 272. The molecule has 56 valence electrons. The van der Waals surface area contributed by atoms with E-state index in [0.717, 1.165) is 0 Å². The first-order valence-electron chi connectivity index (χ1n) is 3.11. The summed E-state index contributed by atoms with van der Waals surface area (Å²) in [5.74, 6) is -1.01. The number of aliphatic imine (C=N–C) groups is 1. The van der Waals surface area contributed by atoms with Crippen LogP contribution in [0.25, 0.3) is 0 Å². The molecule has 0 atom stereocenters. The first kappa shape index (κ1) is 7.47. The summed E-state index contributed by atoms with van der Waals surface area (Å²) < 4.78 is 0. The number of hydrogen-bond donors (Lipinski definition) is 1. The van der Waals surface area contributed by atoms with Crippen molar-refractivity contribution in [2.45, 2.75) is 0 Å². The van der Waals surface area contributed by atoms with Gasteiger partial charge in [0.25, 0.3) is 0 Å². The number of hydrogen-bond acceptors (Lipinski definition) is 2. The fourth-order valence-corrected chi connectivity index (χ4v) is 0.618. The van der Waals surface area contributed by atoms with Gasteiger partial charge in [0.2, 0.25) is 0 Å². The van der Waals surface area contributed by atoms with Gasteiger partial charge in [0.05, 0.1) is 0 Å². The minimum atomic E-state index is -1.01. The average Bonchev–Trinajstić information content (AvgIpc) is 1.84. The van der Waals surface area contributed by atoms with Gasteiger partial charge in [-0.1, -0.05) is 18.2 Å². The number of carbonyl (C=O) groups is 1. The Morgan fingerprint density at radius 1 is 1.27 bits per heavy atom. The maximum atomic E-state index is 10.4. The number of rotatable bonds is 1. The maximum absolute atomic E-state index is 10.4. The fraction of sp³-hybridized carbons (Fsp3) is 0. The van der Waals surface area contributed by atoms with Gasteiger partial charge in [-0.3, -0.25) is 0 Å². The van der Waals surface area contributed by atoms with Gasteiger partial charge in [-0.15, -0.1) is 0 Å². The van der Waals surface area contributed by atoms with Crippen LogP contribution < -0.4 is 0 Å². The van der Waals surface area contributed by atoms with E-state index >= 15 is 0 Å². The molecule has 0 aliphatic carbocycles. The highest BCUT2D eigenvalue weighted by Gasteiger charge is 2.02. The second-order valence-corrected chi connectivity index (χ2v) is 1.91. The van der Waals surface area contributed by atoms with Crippen LogP contribution in [0.2, 0.25) is 0 Å². The lowest BCUT2D eigenvalue weighted by molar-refractivity contribution is -0.129. The second-order valence-electron chi connectivity index (χ2n) is 1.91. The minimum Gasteiger partial charge on any atom is -0.477 e. The van der Waals surface area contributed by atoms with Gasteiger partial charge in [-0.2, -0.15) is 0 Å². The highest BCUT2D eigenvalue weighted by Crippen LogP contribution is 1.91. The van der Waals surface area contributed by atoms with Gasteiger partial charge in [0.15, 0.2) is 0 Å². The van der Waals surface area contributed by atoms with E-state index in [1.165, 1.54) is 12.3 Å². The van der Waals surface area contributed by atoms with Gasteiger partial charge in [-0.05, 0) is 12.2 Å². The van der Waals surface area contributed by atoms with E-state index in [1.54, 1.807) is 24.3 Å². The number of aliphatic carboxylic acids is 1. The normalized spacial score (nSPS) is 21.3. The van der Waals surface area contributed by atoms with E-state index in [4.69, 9.17) is 5.11 Å². The Labute approximate surface area is 64.1 Å². The molecule has 1 N–H and O–H groups in total. The Balaban J connectivity index is 2.87. The monoisotopic (exact) mass is 149 g/mol. The zero-order chi connectivity index (χ0) is 8.10. The summed E-state index contributed by atoms with van der Waals surface area (Å²) in [6, 6.07) is 0. The SMILES string of the molecule is O=C(O)C1=N/C=C\C=C/C=C1. The molecule has 3 heteroatoms. The predicted molar refractivity (Wildman–Crippen MR) is 42.5 cm³/mol. The standard InChI is InChI=1S/C8H7NO2/c10-8(11)7-5-3-1-2-4-6-9-7/h1-6H,(H,10,11)/b2-1-,3-1?,4-2?,5-3?,6-4-,7-5?,9-6?,9-7?. The molecule has 0 spiro atoms. The van der Waals surface area contributed by atoms with Crippen LogP contribution >= 0.6 is 0 Å². The summed E-state index contributed by atoms with van der Waals surface area (Å²) in [6.45, 7) is 0. The van der Waals surface area contributed by atoms with Gasteiger partial charge < -0.3 is 5.11 Å². The van der Waals surface area contributed by atoms with Crippen molar-refractivity contribution in [2.75, 3.05) is 0 Å². The largest absolute Gasteiger partial charge is 0.477 e. The smallest absolute Gasteiger partial charge is 0.354 e. The zero-order valence-corrected chi connectivity index (χ0v) is 5.77. The fourth-order valence-electron chi connectivity index (χ4n) is 0.618. The first-order chi connectivity index (χ1) is 5.30. The third-order valence-electron chi connectivity index (χ3n) is 1.11. The lowest BCUT2D eigenvalue weighted by Gasteiger charge is -1.90. The van der Waals surface area contributed by atoms with Gasteiger partial charge in [-0.25, -0.2) is 9.79 Å². The Hall–Kier alpha value is -1.64. The van der Waals surface area contributed by atoms with Crippen LogP contribution in [0.3, 0.4) is 0 Å². The Morgan fingerprint density at radius 2 is 2.00 bits per heavy atom. The van der Waals surface area contributed by atoms with E-state index < -0.39 is 5.97 Å². The molecular formula is C8H7NO2. The van der Waals surface area contributed by atoms with Gasteiger partial charge in [0.1, 0.15) is 5.71 Å². The number of carboxylic acid groups (broad SMARTS) is 1. The third kappa shape index (κ3) is 2.21. The molecule has 0 aromatic rings. The van der Waals surface area contributed by atoms with E-state index in [1.807, 2.05) is 0 Å². The van der Waals surface area contributed by atoms with Crippen molar-refractivity contribution in [1.29, 1.82) is 0 Å². The van der Waals surface area contributed by atoms with Crippen molar-refractivity contribution in [2.24, 2.45) is 4.99 Å². The molecule has 0 radical (unpaired) electrons. The van der Waals surface area contributed by atoms with E-state index in [2.05, 4.69) is 4.99 Å². The maximum Gasteiger partial charge on any atom is 0.354 e. The molecule has 1 heterocycles. The average molecular weight is 149 g/mol. The molecule has 1 aliphatic heterocycles. The van der Waals surface area contributed by atoms with E-state index in [0.29, 0.717) is 0 Å². The number of nitrogens with zero attached hydrogens (tertiary/aromatic N) is 1. The lowest BCUT2D eigenvalue weighted by Crippen LogP contribution is -2.09. The molecule has 1 rings (SSSR count). The van der Waals surface area contributed by atoms with Gasteiger partial charge in [0, 0.05) is 6.20 Å². The van der Waals surface area contributed by atoms with Crippen molar-refractivity contribution in [3.05, 3.63) is 36.6 Å². The summed E-state index contributed by atoms with van der Waals surface area (Å²) in [5, 5.41) is 8.52. The van der Waals surface area contributed by atoms with Crippen molar-refractivity contribution >= 4 is 11.7 Å². The summed E-state index contributed by atoms with van der Waals surface area (Å²) in [6.07, 6.45) is 9.72. The molecule has 0 saturated heterocycles. The van der Waals surface area contributed by atoms with Crippen LogP contribution in [-0.4, -0.2) is 16.8 Å².